The molecule has 2 unspecified atom stereocenters. The molecule has 0 aromatic rings. The first-order valence-corrected chi connectivity index (χ1v) is 9.10. The second kappa shape index (κ2) is 5.63. The number of nitrogens with zero attached hydrogens (tertiary/aromatic N) is 2. The maximum atomic E-state index is 13.0. The lowest BCUT2D eigenvalue weighted by Gasteiger charge is -2.52. The molecule has 132 valence electrons. The molecule has 0 aromatic carbocycles. The van der Waals surface area contributed by atoms with E-state index < -0.39 is 5.92 Å². The van der Waals surface area contributed by atoms with E-state index in [0.29, 0.717) is 32.7 Å². The number of amides is 2. The molecular weight excluding hydrogens is 308 g/mol. The third-order valence-electron chi connectivity index (χ3n) is 6.67. The summed E-state index contributed by atoms with van der Waals surface area (Å²) in [5.41, 5.74) is -0.337. The van der Waals surface area contributed by atoms with E-state index in [1.54, 1.807) is 0 Å². The molecule has 5 atom stereocenters. The highest BCUT2D eigenvalue weighted by Gasteiger charge is 2.66. The summed E-state index contributed by atoms with van der Waals surface area (Å²) in [6.45, 7) is 8.34. The molecule has 5 fully saturated rings. The van der Waals surface area contributed by atoms with Crippen LogP contribution in [0.4, 0.5) is 0 Å². The van der Waals surface area contributed by atoms with Crippen LogP contribution in [-0.2, 0) is 19.1 Å². The van der Waals surface area contributed by atoms with Gasteiger partial charge in [-0.25, -0.2) is 0 Å². The summed E-state index contributed by atoms with van der Waals surface area (Å²) in [5.74, 6) is -0.686. The van der Waals surface area contributed by atoms with Gasteiger partial charge in [-0.1, -0.05) is 13.8 Å². The standard InChI is InChI=1S/C18H26N2O4/c1-11-9-18(2)10-12(21)13(11)14-15(18)17(23)20(16(14)22)4-3-19-5-7-24-8-6-19/h11,13-15H,3-10H2,1-2H3/t11-,13+,14?,15?,18-/m1/s1. The number of imide groups is 1. The normalized spacial score (nSPS) is 42.8. The van der Waals surface area contributed by atoms with Crippen LogP contribution in [0.1, 0.15) is 26.7 Å². The summed E-state index contributed by atoms with van der Waals surface area (Å²) in [4.78, 5) is 42.1. The lowest BCUT2D eigenvalue weighted by molar-refractivity contribution is -0.157. The quantitative estimate of drug-likeness (QED) is 0.706. The second-order valence-corrected chi connectivity index (χ2v) is 8.29. The highest BCUT2D eigenvalue weighted by Crippen LogP contribution is 2.60. The van der Waals surface area contributed by atoms with Crippen LogP contribution in [-0.4, -0.2) is 66.8 Å². The number of ether oxygens (including phenoxy) is 1. The van der Waals surface area contributed by atoms with Crippen molar-refractivity contribution >= 4 is 17.6 Å². The number of Topliss-reactive ketones (excluding diaryl/α,β-unsaturated/α-hetero) is 1. The number of morpholine rings is 1. The Morgan fingerprint density at radius 1 is 1.08 bits per heavy atom. The molecule has 6 heteroatoms. The van der Waals surface area contributed by atoms with Gasteiger partial charge in [0.15, 0.2) is 0 Å². The van der Waals surface area contributed by atoms with E-state index in [2.05, 4.69) is 11.8 Å². The summed E-state index contributed by atoms with van der Waals surface area (Å²) in [6, 6.07) is 0. The van der Waals surface area contributed by atoms with Crippen molar-refractivity contribution in [3.05, 3.63) is 0 Å². The maximum absolute atomic E-state index is 13.0. The van der Waals surface area contributed by atoms with Gasteiger partial charge in [-0.3, -0.25) is 24.2 Å². The van der Waals surface area contributed by atoms with Crippen molar-refractivity contribution in [3.8, 4) is 0 Å². The van der Waals surface area contributed by atoms with Crippen LogP contribution < -0.4 is 0 Å². The van der Waals surface area contributed by atoms with Crippen molar-refractivity contribution in [1.82, 2.24) is 9.80 Å². The highest BCUT2D eigenvalue weighted by atomic mass is 16.5. The van der Waals surface area contributed by atoms with E-state index in [1.165, 1.54) is 4.90 Å². The second-order valence-electron chi connectivity index (χ2n) is 8.29. The number of ketones is 1. The Balaban J connectivity index is 1.54. The van der Waals surface area contributed by atoms with Gasteiger partial charge in [-0.05, 0) is 17.8 Å². The molecule has 2 amide bonds. The number of carbonyl (C=O) groups excluding carboxylic acids is 3. The lowest BCUT2D eigenvalue weighted by atomic mass is 9.48. The van der Waals surface area contributed by atoms with Crippen molar-refractivity contribution in [3.63, 3.8) is 0 Å². The average Bonchev–Trinajstić information content (AvgIpc) is 2.78. The van der Waals surface area contributed by atoms with Gasteiger partial charge in [0.25, 0.3) is 0 Å². The Labute approximate surface area is 142 Å². The third kappa shape index (κ3) is 2.26. The Morgan fingerprint density at radius 3 is 2.46 bits per heavy atom. The van der Waals surface area contributed by atoms with Crippen LogP contribution in [0, 0.1) is 29.1 Å². The number of hydrogen-bond donors (Lipinski definition) is 0. The molecule has 0 aromatic heterocycles. The molecule has 0 N–H and O–H groups in total. The van der Waals surface area contributed by atoms with E-state index in [4.69, 9.17) is 4.74 Å². The first-order chi connectivity index (χ1) is 11.4. The maximum Gasteiger partial charge on any atom is 0.233 e. The highest BCUT2D eigenvalue weighted by molar-refractivity contribution is 6.09. The van der Waals surface area contributed by atoms with Crippen LogP contribution in [0.2, 0.25) is 0 Å². The predicted molar refractivity (Wildman–Crippen MR) is 86.0 cm³/mol. The van der Waals surface area contributed by atoms with Crippen molar-refractivity contribution in [2.75, 3.05) is 39.4 Å². The predicted octanol–water partition coefficient (Wildman–Crippen LogP) is 0.555. The van der Waals surface area contributed by atoms with Crippen LogP contribution in [0.15, 0.2) is 0 Å². The smallest absolute Gasteiger partial charge is 0.233 e. The Bertz CT molecular complexity index is 586. The Morgan fingerprint density at radius 2 is 1.79 bits per heavy atom. The van der Waals surface area contributed by atoms with Crippen molar-refractivity contribution in [1.29, 1.82) is 0 Å². The van der Waals surface area contributed by atoms with Gasteiger partial charge in [0.05, 0.1) is 25.0 Å². The van der Waals surface area contributed by atoms with Crippen molar-refractivity contribution in [2.24, 2.45) is 29.1 Å². The monoisotopic (exact) mass is 334 g/mol. The summed E-state index contributed by atoms with van der Waals surface area (Å²) in [7, 11) is 0. The molecule has 2 aliphatic heterocycles. The molecule has 24 heavy (non-hydrogen) atoms. The fourth-order valence-corrected chi connectivity index (χ4v) is 5.69. The number of fused-ring (bicyclic) bond motifs is 2. The third-order valence-corrected chi connectivity index (χ3v) is 6.67. The molecule has 2 bridgehead atoms. The van der Waals surface area contributed by atoms with Crippen molar-refractivity contribution in [2.45, 2.75) is 26.7 Å². The number of hydrogen-bond acceptors (Lipinski definition) is 5. The molecule has 5 rings (SSSR count). The van der Waals surface area contributed by atoms with Gasteiger partial charge in [-0.2, -0.15) is 0 Å². The summed E-state index contributed by atoms with van der Waals surface area (Å²) < 4.78 is 5.34. The SMILES string of the molecule is C[C@@H]1C[C@]2(C)CC(=O)[C@H]1C1C(=O)N(CCN3CCOCC3)C(=O)C12. The zero-order valence-electron chi connectivity index (χ0n) is 14.5. The van der Waals surface area contributed by atoms with Crippen molar-refractivity contribution < 1.29 is 19.1 Å². The minimum atomic E-state index is -0.405. The van der Waals surface area contributed by atoms with Gasteiger partial charge in [-0.15, -0.1) is 0 Å². The van der Waals surface area contributed by atoms with Crippen LogP contribution >= 0.6 is 0 Å². The lowest BCUT2D eigenvalue weighted by Crippen LogP contribution is -2.56. The summed E-state index contributed by atoms with van der Waals surface area (Å²) in [5, 5.41) is 0. The minimum absolute atomic E-state index is 0.0369. The van der Waals surface area contributed by atoms with Gasteiger partial charge < -0.3 is 4.74 Å². The molecular formula is C18H26N2O4. The van der Waals surface area contributed by atoms with Gasteiger partial charge in [0, 0.05) is 38.5 Å². The number of carbonyl (C=O) groups is 3. The first-order valence-electron chi connectivity index (χ1n) is 9.10. The Hall–Kier alpha value is -1.27. The zero-order valence-corrected chi connectivity index (χ0v) is 14.5. The van der Waals surface area contributed by atoms with Gasteiger partial charge >= 0.3 is 0 Å². The largest absolute Gasteiger partial charge is 0.379 e. The number of rotatable bonds is 3. The summed E-state index contributed by atoms with van der Waals surface area (Å²) >= 11 is 0. The fourth-order valence-electron chi connectivity index (χ4n) is 5.69. The van der Waals surface area contributed by atoms with Gasteiger partial charge in [0.2, 0.25) is 11.8 Å². The van der Waals surface area contributed by atoms with Gasteiger partial charge in [0.1, 0.15) is 5.78 Å². The molecule has 5 aliphatic rings. The molecule has 0 radical (unpaired) electrons. The van der Waals surface area contributed by atoms with E-state index in [1.807, 2.05) is 6.92 Å². The van der Waals surface area contributed by atoms with Crippen LogP contribution in [0.25, 0.3) is 0 Å². The molecule has 2 saturated heterocycles. The summed E-state index contributed by atoms with van der Waals surface area (Å²) in [6.07, 6.45) is 1.33. The van der Waals surface area contributed by atoms with E-state index in [9.17, 15) is 14.4 Å². The molecule has 3 saturated carbocycles. The van der Waals surface area contributed by atoms with E-state index in [0.717, 1.165) is 19.5 Å². The van der Waals surface area contributed by atoms with E-state index in [-0.39, 0.29) is 40.8 Å². The Kier molecular flexibility index (Phi) is 3.80. The molecule has 0 spiro atoms. The van der Waals surface area contributed by atoms with Crippen LogP contribution in [0.3, 0.4) is 0 Å². The molecule has 6 nitrogen and oxygen atoms in total. The topological polar surface area (TPSA) is 66.9 Å². The number of likely N-dealkylation sites (tertiary alicyclic amines) is 1. The minimum Gasteiger partial charge on any atom is -0.379 e. The van der Waals surface area contributed by atoms with E-state index >= 15 is 0 Å². The van der Waals surface area contributed by atoms with Crippen LogP contribution in [0.5, 0.6) is 0 Å². The fraction of sp³-hybridized carbons (Fsp3) is 0.833. The molecule has 2 heterocycles. The molecule has 3 aliphatic carbocycles. The first kappa shape index (κ1) is 16.2. The zero-order chi connectivity index (χ0) is 17.1. The average molecular weight is 334 g/mol.